The molecule has 0 N–H and O–H groups in total. The van der Waals surface area contributed by atoms with Gasteiger partial charge in [0, 0.05) is 12.3 Å². The van der Waals surface area contributed by atoms with Gasteiger partial charge >= 0.3 is 11.9 Å². The van der Waals surface area contributed by atoms with Gasteiger partial charge in [-0.05, 0) is 5.56 Å². The SMILES string of the molecule is COC(=O)C(C(=O)OC)[C@H](CC=O)c1ccccc1. The lowest BCUT2D eigenvalue weighted by molar-refractivity contribution is -0.160. The van der Waals surface area contributed by atoms with Crippen LogP contribution in [0.3, 0.4) is 0 Å². The first kappa shape index (κ1) is 14.9. The van der Waals surface area contributed by atoms with Crippen molar-refractivity contribution < 1.29 is 23.9 Å². The van der Waals surface area contributed by atoms with E-state index in [1.54, 1.807) is 24.3 Å². The Morgan fingerprint density at radius 2 is 1.63 bits per heavy atom. The Kier molecular flexibility index (Phi) is 5.73. The van der Waals surface area contributed by atoms with Crippen LogP contribution in [0.2, 0.25) is 0 Å². The summed E-state index contributed by atoms with van der Waals surface area (Å²) < 4.78 is 9.26. The van der Waals surface area contributed by atoms with Crippen molar-refractivity contribution in [3.8, 4) is 0 Å². The molecule has 0 aromatic heterocycles. The van der Waals surface area contributed by atoms with Crippen LogP contribution in [0.25, 0.3) is 0 Å². The van der Waals surface area contributed by atoms with E-state index in [9.17, 15) is 14.4 Å². The molecule has 1 atom stereocenters. The summed E-state index contributed by atoms with van der Waals surface area (Å²) in [6.07, 6.45) is 0.718. The van der Waals surface area contributed by atoms with Crippen molar-refractivity contribution in [1.29, 1.82) is 0 Å². The summed E-state index contributed by atoms with van der Waals surface area (Å²) >= 11 is 0. The van der Waals surface area contributed by atoms with E-state index in [2.05, 4.69) is 9.47 Å². The largest absolute Gasteiger partial charge is 0.468 e. The second-order valence-electron chi connectivity index (χ2n) is 3.94. The van der Waals surface area contributed by atoms with Crippen LogP contribution in [-0.4, -0.2) is 32.4 Å². The van der Waals surface area contributed by atoms with Gasteiger partial charge in [-0.2, -0.15) is 0 Å². The van der Waals surface area contributed by atoms with Crippen molar-refractivity contribution in [2.75, 3.05) is 14.2 Å². The number of carbonyl (C=O) groups excluding carboxylic acids is 3. The van der Waals surface area contributed by atoms with Gasteiger partial charge in [0.2, 0.25) is 0 Å². The predicted molar refractivity (Wildman–Crippen MR) is 67.4 cm³/mol. The third-order valence-electron chi connectivity index (χ3n) is 2.89. The first-order valence-corrected chi connectivity index (χ1v) is 5.80. The number of rotatable bonds is 6. The first-order chi connectivity index (χ1) is 9.15. The maximum absolute atomic E-state index is 11.8. The van der Waals surface area contributed by atoms with E-state index in [1.807, 2.05) is 6.07 Å². The third-order valence-corrected chi connectivity index (χ3v) is 2.89. The third kappa shape index (κ3) is 3.64. The van der Waals surface area contributed by atoms with E-state index in [0.717, 1.165) is 5.56 Å². The molecule has 0 fully saturated rings. The van der Waals surface area contributed by atoms with Crippen LogP contribution in [0.15, 0.2) is 30.3 Å². The van der Waals surface area contributed by atoms with E-state index < -0.39 is 23.8 Å². The van der Waals surface area contributed by atoms with E-state index in [4.69, 9.17) is 0 Å². The Labute approximate surface area is 111 Å². The second kappa shape index (κ2) is 7.31. The van der Waals surface area contributed by atoms with Crippen LogP contribution in [0.1, 0.15) is 17.9 Å². The minimum atomic E-state index is -1.14. The molecule has 0 radical (unpaired) electrons. The lowest BCUT2D eigenvalue weighted by Crippen LogP contribution is -2.32. The molecule has 0 unspecified atom stereocenters. The quantitative estimate of drug-likeness (QED) is 0.440. The first-order valence-electron chi connectivity index (χ1n) is 5.80. The van der Waals surface area contributed by atoms with Gasteiger partial charge in [-0.3, -0.25) is 9.59 Å². The molecule has 0 aliphatic rings. The lowest BCUT2D eigenvalue weighted by Gasteiger charge is -2.21. The zero-order chi connectivity index (χ0) is 14.3. The molecule has 0 saturated carbocycles. The van der Waals surface area contributed by atoms with Crippen molar-refractivity contribution in [2.45, 2.75) is 12.3 Å². The van der Waals surface area contributed by atoms with E-state index in [1.165, 1.54) is 14.2 Å². The topological polar surface area (TPSA) is 69.7 Å². The van der Waals surface area contributed by atoms with Gasteiger partial charge in [0.05, 0.1) is 14.2 Å². The smallest absolute Gasteiger partial charge is 0.320 e. The lowest BCUT2D eigenvalue weighted by atomic mass is 9.84. The Morgan fingerprint density at radius 3 is 2.05 bits per heavy atom. The van der Waals surface area contributed by atoms with Crippen LogP contribution in [0.5, 0.6) is 0 Å². The molecule has 5 nitrogen and oxygen atoms in total. The number of aldehydes is 1. The summed E-state index contributed by atoms with van der Waals surface area (Å²) in [5, 5.41) is 0. The Morgan fingerprint density at radius 1 is 1.11 bits per heavy atom. The summed E-state index contributed by atoms with van der Waals surface area (Å²) in [6.45, 7) is 0. The van der Waals surface area contributed by atoms with E-state index >= 15 is 0 Å². The fourth-order valence-electron chi connectivity index (χ4n) is 1.95. The van der Waals surface area contributed by atoms with Gasteiger partial charge in [0.15, 0.2) is 5.92 Å². The molecule has 0 aliphatic heterocycles. The zero-order valence-corrected chi connectivity index (χ0v) is 10.9. The highest BCUT2D eigenvalue weighted by Gasteiger charge is 2.37. The highest BCUT2D eigenvalue weighted by atomic mass is 16.5. The summed E-state index contributed by atoms with van der Waals surface area (Å²) in [5.74, 6) is -3.13. The second-order valence-corrected chi connectivity index (χ2v) is 3.94. The average Bonchev–Trinajstić information content (AvgIpc) is 2.46. The van der Waals surface area contributed by atoms with Crippen molar-refractivity contribution >= 4 is 18.2 Å². The number of ether oxygens (including phenoxy) is 2. The normalized spacial score (nSPS) is 11.7. The van der Waals surface area contributed by atoms with Gasteiger partial charge in [0.25, 0.3) is 0 Å². The molecule has 0 aliphatic carbocycles. The molecule has 1 aromatic carbocycles. The molecule has 102 valence electrons. The van der Waals surface area contributed by atoms with Crippen LogP contribution in [0.4, 0.5) is 0 Å². The van der Waals surface area contributed by atoms with E-state index in [0.29, 0.717) is 6.29 Å². The van der Waals surface area contributed by atoms with Gasteiger partial charge < -0.3 is 14.3 Å². The highest BCUT2D eigenvalue weighted by Crippen LogP contribution is 2.29. The molecule has 19 heavy (non-hydrogen) atoms. The fraction of sp³-hybridized carbons (Fsp3) is 0.357. The number of benzene rings is 1. The Hall–Kier alpha value is -2.17. The minimum Gasteiger partial charge on any atom is -0.468 e. The number of methoxy groups -OCH3 is 2. The summed E-state index contributed by atoms with van der Waals surface area (Å²) in [5.41, 5.74) is 0.718. The number of hydrogen-bond acceptors (Lipinski definition) is 5. The highest BCUT2D eigenvalue weighted by molar-refractivity contribution is 5.96. The number of carbonyl (C=O) groups is 3. The molecule has 0 bridgehead atoms. The van der Waals surface area contributed by atoms with Crippen molar-refractivity contribution in [1.82, 2.24) is 0 Å². The standard InChI is InChI=1S/C14H16O5/c1-18-13(16)12(14(17)19-2)11(8-9-15)10-6-4-3-5-7-10/h3-7,9,11-12H,8H2,1-2H3/t11-/m1/s1. The van der Waals surface area contributed by atoms with Crippen molar-refractivity contribution in [3.05, 3.63) is 35.9 Å². The summed E-state index contributed by atoms with van der Waals surface area (Å²) in [6, 6.07) is 8.88. The Bertz CT molecular complexity index is 424. The molecule has 0 spiro atoms. The maximum Gasteiger partial charge on any atom is 0.320 e. The Balaban J connectivity index is 3.15. The van der Waals surface area contributed by atoms with Gasteiger partial charge in [0.1, 0.15) is 6.29 Å². The summed E-state index contributed by atoms with van der Waals surface area (Å²) in [4.78, 5) is 34.3. The molecular weight excluding hydrogens is 248 g/mol. The fourth-order valence-corrected chi connectivity index (χ4v) is 1.95. The molecule has 1 aromatic rings. The average molecular weight is 264 g/mol. The van der Waals surface area contributed by atoms with Gasteiger partial charge in [-0.15, -0.1) is 0 Å². The van der Waals surface area contributed by atoms with E-state index in [-0.39, 0.29) is 6.42 Å². The maximum atomic E-state index is 11.8. The van der Waals surface area contributed by atoms with Crippen molar-refractivity contribution in [2.24, 2.45) is 5.92 Å². The molecule has 0 heterocycles. The van der Waals surface area contributed by atoms with Crippen LogP contribution in [0, 0.1) is 5.92 Å². The van der Waals surface area contributed by atoms with Gasteiger partial charge in [-0.25, -0.2) is 0 Å². The van der Waals surface area contributed by atoms with Crippen LogP contribution in [-0.2, 0) is 23.9 Å². The number of hydrogen-bond donors (Lipinski definition) is 0. The number of esters is 2. The molecular formula is C14H16O5. The monoisotopic (exact) mass is 264 g/mol. The molecule has 0 saturated heterocycles. The molecule has 1 rings (SSSR count). The molecule has 0 amide bonds. The summed E-state index contributed by atoms with van der Waals surface area (Å²) in [7, 11) is 2.39. The minimum absolute atomic E-state index is 0.0406. The van der Waals surface area contributed by atoms with Gasteiger partial charge in [-0.1, -0.05) is 30.3 Å². The van der Waals surface area contributed by atoms with Crippen molar-refractivity contribution in [3.63, 3.8) is 0 Å². The van der Waals surface area contributed by atoms with Crippen LogP contribution < -0.4 is 0 Å². The van der Waals surface area contributed by atoms with Crippen LogP contribution >= 0.6 is 0 Å². The molecule has 5 heteroatoms. The zero-order valence-electron chi connectivity index (χ0n) is 10.9. The predicted octanol–water partition coefficient (Wildman–Crippen LogP) is 1.32.